The summed E-state index contributed by atoms with van der Waals surface area (Å²) in [6.45, 7) is 1.52. The zero-order chi connectivity index (χ0) is 14.8. The highest BCUT2D eigenvalue weighted by atomic mass is 35.5. The van der Waals surface area contributed by atoms with Gasteiger partial charge in [-0.1, -0.05) is 47.5 Å². The number of hydrogen-bond donors (Lipinski definition) is 1. The smallest absolute Gasteiger partial charge is 0.193 e. The van der Waals surface area contributed by atoms with Crippen LogP contribution in [0.25, 0.3) is 0 Å². The molecule has 1 aliphatic rings. The number of benzene rings is 2. The standard InChI is InChI=1S/C16H12Cl2N2O/c17-13-6-5-10(9-14(13)18)15(21)11-3-1-2-4-12(11)16-19-7-8-20-16/h1-6,9H,7-8H2,(H,19,20). The summed E-state index contributed by atoms with van der Waals surface area (Å²) in [6.07, 6.45) is 0. The van der Waals surface area contributed by atoms with Crippen LogP contribution in [-0.4, -0.2) is 24.7 Å². The van der Waals surface area contributed by atoms with Crippen LogP contribution in [0, 0.1) is 0 Å². The first-order valence-corrected chi connectivity index (χ1v) is 7.30. The number of ketones is 1. The van der Waals surface area contributed by atoms with Crippen LogP contribution in [0.4, 0.5) is 0 Å². The van der Waals surface area contributed by atoms with Gasteiger partial charge in [0.15, 0.2) is 5.78 Å². The van der Waals surface area contributed by atoms with E-state index in [4.69, 9.17) is 23.2 Å². The van der Waals surface area contributed by atoms with E-state index in [1.54, 1.807) is 24.3 Å². The van der Waals surface area contributed by atoms with E-state index < -0.39 is 0 Å². The van der Waals surface area contributed by atoms with E-state index in [0.29, 0.717) is 21.2 Å². The first-order chi connectivity index (χ1) is 10.2. The molecule has 1 heterocycles. The van der Waals surface area contributed by atoms with E-state index >= 15 is 0 Å². The Bertz CT molecular complexity index is 741. The number of halogens is 2. The zero-order valence-electron chi connectivity index (χ0n) is 11.1. The van der Waals surface area contributed by atoms with Gasteiger partial charge in [-0.05, 0) is 18.2 Å². The topological polar surface area (TPSA) is 41.5 Å². The third-order valence-corrected chi connectivity index (χ3v) is 4.02. The van der Waals surface area contributed by atoms with Gasteiger partial charge in [0.25, 0.3) is 0 Å². The van der Waals surface area contributed by atoms with E-state index in [0.717, 1.165) is 24.5 Å². The van der Waals surface area contributed by atoms with Crippen LogP contribution in [0.15, 0.2) is 47.5 Å². The molecule has 0 aliphatic carbocycles. The summed E-state index contributed by atoms with van der Waals surface area (Å²) >= 11 is 11.9. The molecular formula is C16H12Cl2N2O. The number of hydrogen-bond acceptors (Lipinski definition) is 3. The lowest BCUT2D eigenvalue weighted by Gasteiger charge is -2.09. The molecular weight excluding hydrogens is 307 g/mol. The van der Waals surface area contributed by atoms with E-state index in [2.05, 4.69) is 10.3 Å². The maximum atomic E-state index is 12.7. The van der Waals surface area contributed by atoms with Crippen LogP contribution < -0.4 is 5.32 Å². The molecule has 1 N–H and O–H groups in total. The quantitative estimate of drug-likeness (QED) is 0.879. The summed E-state index contributed by atoms with van der Waals surface area (Å²) in [5.41, 5.74) is 1.92. The maximum absolute atomic E-state index is 12.7. The van der Waals surface area contributed by atoms with Crippen molar-refractivity contribution in [1.82, 2.24) is 5.32 Å². The van der Waals surface area contributed by atoms with Crippen molar-refractivity contribution in [2.24, 2.45) is 4.99 Å². The van der Waals surface area contributed by atoms with Gasteiger partial charge in [0.2, 0.25) is 0 Å². The summed E-state index contributed by atoms with van der Waals surface area (Å²) < 4.78 is 0. The van der Waals surface area contributed by atoms with Crippen molar-refractivity contribution in [3.63, 3.8) is 0 Å². The highest BCUT2D eigenvalue weighted by Gasteiger charge is 2.18. The molecule has 0 aromatic heterocycles. The molecule has 5 heteroatoms. The summed E-state index contributed by atoms with van der Waals surface area (Å²) in [7, 11) is 0. The van der Waals surface area contributed by atoms with E-state index in [1.165, 1.54) is 0 Å². The molecule has 0 unspecified atom stereocenters. The Morgan fingerprint density at radius 1 is 1.10 bits per heavy atom. The third-order valence-electron chi connectivity index (χ3n) is 3.28. The predicted octanol–water partition coefficient (Wildman–Crippen LogP) is 3.57. The van der Waals surface area contributed by atoms with Gasteiger partial charge in [0.1, 0.15) is 5.84 Å². The van der Waals surface area contributed by atoms with Crippen molar-refractivity contribution < 1.29 is 4.79 Å². The lowest BCUT2D eigenvalue weighted by atomic mass is 9.98. The normalized spacial score (nSPS) is 13.7. The number of rotatable bonds is 3. The van der Waals surface area contributed by atoms with Crippen LogP contribution in [0.3, 0.4) is 0 Å². The Hall–Kier alpha value is -1.84. The van der Waals surface area contributed by atoms with E-state index in [9.17, 15) is 4.79 Å². The van der Waals surface area contributed by atoms with Gasteiger partial charge < -0.3 is 5.32 Å². The molecule has 0 amide bonds. The van der Waals surface area contributed by atoms with Crippen molar-refractivity contribution in [3.8, 4) is 0 Å². The second-order valence-electron chi connectivity index (χ2n) is 4.66. The minimum absolute atomic E-state index is 0.0967. The van der Waals surface area contributed by atoms with Gasteiger partial charge in [-0.15, -0.1) is 0 Å². The predicted molar refractivity (Wildman–Crippen MR) is 85.7 cm³/mol. The number of carbonyl (C=O) groups is 1. The van der Waals surface area contributed by atoms with Crippen LogP contribution >= 0.6 is 23.2 Å². The molecule has 1 aliphatic heterocycles. The molecule has 0 bridgehead atoms. The largest absolute Gasteiger partial charge is 0.368 e. The van der Waals surface area contributed by atoms with Gasteiger partial charge in [0, 0.05) is 23.2 Å². The molecule has 0 radical (unpaired) electrons. The zero-order valence-corrected chi connectivity index (χ0v) is 12.6. The minimum atomic E-state index is -0.0967. The molecule has 0 fully saturated rings. The molecule has 3 nitrogen and oxygen atoms in total. The Labute approximate surface area is 132 Å². The van der Waals surface area contributed by atoms with Crippen molar-refractivity contribution in [2.75, 3.05) is 13.1 Å². The van der Waals surface area contributed by atoms with Gasteiger partial charge in [-0.2, -0.15) is 0 Å². The lowest BCUT2D eigenvalue weighted by Crippen LogP contribution is -2.22. The fourth-order valence-corrected chi connectivity index (χ4v) is 2.56. The molecule has 3 rings (SSSR count). The van der Waals surface area contributed by atoms with E-state index in [-0.39, 0.29) is 5.78 Å². The van der Waals surface area contributed by atoms with Gasteiger partial charge in [-0.3, -0.25) is 9.79 Å². The molecule has 2 aromatic rings. The molecule has 2 aromatic carbocycles. The Morgan fingerprint density at radius 2 is 1.90 bits per heavy atom. The molecule has 106 valence electrons. The highest BCUT2D eigenvalue weighted by molar-refractivity contribution is 6.42. The number of nitrogens with zero attached hydrogens (tertiary/aromatic N) is 1. The number of nitrogens with one attached hydrogen (secondary N) is 1. The Balaban J connectivity index is 2.03. The van der Waals surface area contributed by atoms with Gasteiger partial charge in [-0.25, -0.2) is 0 Å². The first-order valence-electron chi connectivity index (χ1n) is 6.54. The van der Waals surface area contributed by atoms with Gasteiger partial charge in [0.05, 0.1) is 16.6 Å². The lowest BCUT2D eigenvalue weighted by molar-refractivity contribution is 0.103. The summed E-state index contributed by atoms with van der Waals surface area (Å²) in [4.78, 5) is 17.1. The second-order valence-corrected chi connectivity index (χ2v) is 5.48. The number of amidine groups is 1. The van der Waals surface area contributed by atoms with Crippen molar-refractivity contribution >= 4 is 34.8 Å². The van der Waals surface area contributed by atoms with Crippen LogP contribution in [0.1, 0.15) is 21.5 Å². The first kappa shape index (κ1) is 14.1. The maximum Gasteiger partial charge on any atom is 0.193 e. The third kappa shape index (κ3) is 2.80. The summed E-state index contributed by atoms with van der Waals surface area (Å²) in [5, 5.41) is 4.00. The minimum Gasteiger partial charge on any atom is -0.368 e. The van der Waals surface area contributed by atoms with Crippen LogP contribution in [-0.2, 0) is 0 Å². The Morgan fingerprint density at radius 3 is 2.62 bits per heavy atom. The fourth-order valence-electron chi connectivity index (χ4n) is 2.26. The SMILES string of the molecule is O=C(c1ccc(Cl)c(Cl)c1)c1ccccc1C1=NCCN1. The van der Waals surface area contributed by atoms with Crippen molar-refractivity contribution in [2.45, 2.75) is 0 Å². The second kappa shape index (κ2) is 5.88. The van der Waals surface area contributed by atoms with Crippen molar-refractivity contribution in [1.29, 1.82) is 0 Å². The molecule has 21 heavy (non-hydrogen) atoms. The number of carbonyl (C=O) groups excluding carboxylic acids is 1. The molecule has 0 spiro atoms. The molecule has 0 saturated heterocycles. The van der Waals surface area contributed by atoms with Crippen LogP contribution in [0.2, 0.25) is 10.0 Å². The average Bonchev–Trinajstić information content (AvgIpc) is 3.03. The average molecular weight is 319 g/mol. The molecule has 0 atom stereocenters. The van der Waals surface area contributed by atoms with Gasteiger partial charge >= 0.3 is 0 Å². The van der Waals surface area contributed by atoms with Crippen LogP contribution in [0.5, 0.6) is 0 Å². The molecule has 0 saturated carbocycles. The monoisotopic (exact) mass is 318 g/mol. The number of aliphatic imine (C=N–C) groups is 1. The Kier molecular flexibility index (Phi) is 3.95. The summed E-state index contributed by atoms with van der Waals surface area (Å²) in [6, 6.07) is 12.3. The fraction of sp³-hybridized carbons (Fsp3) is 0.125. The highest BCUT2D eigenvalue weighted by Crippen LogP contribution is 2.25. The summed E-state index contributed by atoms with van der Waals surface area (Å²) in [5.74, 6) is 0.666. The van der Waals surface area contributed by atoms with E-state index in [1.807, 2.05) is 18.2 Å². The van der Waals surface area contributed by atoms with Crippen molar-refractivity contribution in [3.05, 3.63) is 69.2 Å².